The Morgan fingerprint density at radius 2 is 1.75 bits per heavy atom. The number of nitrogens with zero attached hydrogens (tertiary/aromatic N) is 1. The Hall–Kier alpha value is -5.08. The fourth-order valence-corrected chi connectivity index (χ4v) is 17.7. The predicted molar refractivity (Wildman–Crippen MR) is 297 cm³/mol. The van der Waals surface area contributed by atoms with Gasteiger partial charge in [-0.2, -0.15) is 0 Å². The van der Waals surface area contributed by atoms with Gasteiger partial charge in [-0.25, -0.2) is 4.99 Å². The van der Waals surface area contributed by atoms with E-state index >= 15 is 4.79 Å². The lowest BCUT2D eigenvalue weighted by atomic mass is 9.55. The number of benzene rings is 3. The van der Waals surface area contributed by atoms with E-state index in [0.29, 0.717) is 49.4 Å². The van der Waals surface area contributed by atoms with Gasteiger partial charge in [0, 0.05) is 49.5 Å². The smallest absolute Gasteiger partial charge is 0.189 e. The molecule has 12 rings (SSSR count). The summed E-state index contributed by atoms with van der Waals surface area (Å²) in [5.41, 5.74) is 18.7. The molecule has 1 spiro atoms. The second-order valence-electron chi connectivity index (χ2n) is 25.3. The zero-order chi connectivity index (χ0) is 52.4. The van der Waals surface area contributed by atoms with Crippen LogP contribution in [0.3, 0.4) is 0 Å². The number of phenolic OH excluding ortho intramolecular Hbond substituents is 2. The first kappa shape index (κ1) is 51.7. The van der Waals surface area contributed by atoms with Crippen molar-refractivity contribution in [1.29, 1.82) is 0 Å². The van der Waals surface area contributed by atoms with Gasteiger partial charge in [-0.3, -0.25) is 4.79 Å². The van der Waals surface area contributed by atoms with Crippen LogP contribution in [0.1, 0.15) is 192 Å². The average Bonchev–Trinajstić information content (AvgIpc) is 4.00. The summed E-state index contributed by atoms with van der Waals surface area (Å²) >= 11 is 0. The quantitative estimate of drug-likeness (QED) is 0.0951. The number of methoxy groups -OCH3 is 1. The molecular weight excluding hydrogens is 947 g/mol. The van der Waals surface area contributed by atoms with E-state index in [9.17, 15) is 20.4 Å². The van der Waals surface area contributed by atoms with Crippen molar-refractivity contribution >= 4 is 11.7 Å². The van der Waals surface area contributed by atoms with Crippen LogP contribution in [0, 0.1) is 59.2 Å². The molecule has 0 unspecified atom stereocenters. The molecule has 0 aromatic heterocycles. The second-order valence-corrected chi connectivity index (χ2v) is 25.3. The summed E-state index contributed by atoms with van der Waals surface area (Å²) in [6.45, 7) is 4.77. The molecule has 9 aliphatic rings. The van der Waals surface area contributed by atoms with Gasteiger partial charge in [-0.15, -0.1) is 0 Å². The number of ether oxygens (including phenoxy) is 2. The van der Waals surface area contributed by atoms with Gasteiger partial charge in [0.1, 0.15) is 5.75 Å². The van der Waals surface area contributed by atoms with Crippen LogP contribution in [0.15, 0.2) is 70.3 Å². The standard InChI is InChI=1S/C66H83N3O7/c1-4-50-45(34-70)28-42-18-17-41(32-59(73)61(42)56(50)35-71)53-33-60(76-49-12-5-6-13-49)64(74)63-51(53)14-9-11-47-29-44-31-54-52(22-37(2)23-55(54)62(63)57(44)36-75-3)43-25-39(26-48(72)30-43)24-38-15-16-40-19-20-46-10-7-8-21-66(46,58(40)27-38)69-65(67)68-47/h15-16,25-27,30-31,33,37,41-42,44-47,49-50,52,55,57,62,70-72,74H,4-8,10-13,17-24,28-29,32,34-36H2,1-3H3,(H3,67,68,69)/t37-,41-,42-,44-,45+,46+,47-,50+,52-,55-,57-,62-,66+/m0/s1. The highest BCUT2D eigenvalue weighted by Crippen LogP contribution is 2.61. The van der Waals surface area contributed by atoms with Crippen LogP contribution in [-0.2, 0) is 27.9 Å². The topological polar surface area (TPSA) is 167 Å². The fraction of sp³-hybridized carbons (Fsp3) is 0.606. The van der Waals surface area contributed by atoms with E-state index in [0.717, 1.165) is 135 Å². The molecule has 0 radical (unpaired) electrons. The number of nitrogens with two attached hydrogens (primary N) is 1. The van der Waals surface area contributed by atoms with Crippen molar-refractivity contribution in [2.45, 2.75) is 178 Å². The van der Waals surface area contributed by atoms with Crippen molar-refractivity contribution < 1.29 is 34.7 Å². The Morgan fingerprint density at radius 3 is 2.55 bits per heavy atom. The number of ketones is 1. The van der Waals surface area contributed by atoms with Crippen LogP contribution >= 0.6 is 0 Å². The van der Waals surface area contributed by atoms with Crippen LogP contribution in [0.4, 0.5) is 0 Å². The summed E-state index contributed by atoms with van der Waals surface area (Å²) in [5.74, 6) is 9.14. The lowest BCUT2D eigenvalue weighted by molar-refractivity contribution is -0.116. The van der Waals surface area contributed by atoms with Gasteiger partial charge in [-0.1, -0.05) is 74.4 Å². The molecule has 10 heteroatoms. The number of guanidine groups is 1. The maximum atomic E-state index is 15.1. The van der Waals surface area contributed by atoms with Crippen molar-refractivity contribution in [2.24, 2.45) is 58.1 Å². The molecule has 0 saturated heterocycles. The number of Topliss-reactive ketones (excluding diaryl/α,β-unsaturated/α-hetero) is 1. The first-order valence-corrected chi connectivity index (χ1v) is 29.8. The summed E-state index contributed by atoms with van der Waals surface area (Å²) < 4.78 is 13.4. The number of carbonyl (C=O) groups is 1. The van der Waals surface area contributed by atoms with E-state index in [1.165, 1.54) is 28.7 Å². The minimum Gasteiger partial charge on any atom is -0.508 e. The number of aliphatic hydroxyl groups excluding tert-OH is 2. The third-order valence-electron chi connectivity index (χ3n) is 20.9. The number of aliphatic hydroxyl groups is 2. The maximum Gasteiger partial charge on any atom is 0.189 e. The predicted octanol–water partition coefficient (Wildman–Crippen LogP) is 11.3. The second kappa shape index (κ2) is 21.3. The third-order valence-corrected chi connectivity index (χ3v) is 20.9. The van der Waals surface area contributed by atoms with Crippen molar-refractivity contribution in [3.63, 3.8) is 0 Å². The van der Waals surface area contributed by atoms with Gasteiger partial charge in [0.2, 0.25) is 0 Å². The summed E-state index contributed by atoms with van der Waals surface area (Å²) in [5, 5.41) is 50.7. The lowest BCUT2D eigenvalue weighted by Crippen LogP contribution is -2.57. The molecular formula is C66H83N3O7. The van der Waals surface area contributed by atoms with Crippen molar-refractivity contribution in [2.75, 3.05) is 26.9 Å². The van der Waals surface area contributed by atoms with Crippen LogP contribution in [0.5, 0.6) is 17.2 Å². The number of phenols is 2. The van der Waals surface area contributed by atoms with E-state index in [1.807, 2.05) is 12.1 Å². The number of aliphatic imine (C=N–C) groups is 1. The molecule has 4 saturated carbocycles. The van der Waals surface area contributed by atoms with Gasteiger partial charge >= 0.3 is 0 Å². The molecule has 8 aliphatic carbocycles. The Labute approximate surface area is 451 Å². The molecule has 1 aliphatic heterocycles. The number of fused-ring (bicyclic) bond motifs is 10. The molecule has 3 aromatic carbocycles. The number of aryl methyl sites for hydroxylation is 1. The van der Waals surface area contributed by atoms with Crippen molar-refractivity contribution in [1.82, 2.24) is 5.32 Å². The molecule has 76 heavy (non-hydrogen) atoms. The van der Waals surface area contributed by atoms with Crippen LogP contribution < -0.4 is 15.8 Å². The summed E-state index contributed by atoms with van der Waals surface area (Å²) in [6, 6.07) is 15.2. The lowest BCUT2D eigenvalue weighted by Gasteiger charge is -2.50. The van der Waals surface area contributed by atoms with Crippen LogP contribution in [-0.4, -0.2) is 71.2 Å². The Morgan fingerprint density at radius 1 is 0.921 bits per heavy atom. The number of carbonyl (C=O) groups excluding carboxylic acids is 1. The SMILES string of the molecule is CC[C@H]1C(CO)=C2C(=O)C[C@@H](c3cc(OC4CCCC4)c(O)c4c3C#CC[C@H]3C[C@H]5C=C6[C@@H](C[C@H](C)C[C@@H]6[C@H]4[C@H]5COC)c4cc(O)cc(c4)Cc4ccc5c(c4)[C@]4(CCCC[C@@H]4CC5)NC(N)=N3)CC[C@H]2C[C@@H]1CO. The molecule has 13 atom stereocenters. The highest BCUT2D eigenvalue weighted by atomic mass is 16.5. The fourth-order valence-electron chi connectivity index (χ4n) is 17.7. The highest BCUT2D eigenvalue weighted by Gasteiger charge is 2.51. The number of hydrogen-bond donors (Lipinski definition) is 6. The van der Waals surface area contributed by atoms with Crippen LogP contribution in [0.2, 0.25) is 0 Å². The monoisotopic (exact) mass is 1030 g/mol. The maximum absolute atomic E-state index is 15.1. The summed E-state index contributed by atoms with van der Waals surface area (Å²) in [7, 11) is 1.80. The van der Waals surface area contributed by atoms with E-state index in [-0.39, 0.29) is 108 Å². The number of hydrogen-bond acceptors (Lipinski definition) is 10. The molecule has 7 N–H and O–H groups in total. The van der Waals surface area contributed by atoms with E-state index < -0.39 is 0 Å². The first-order valence-electron chi connectivity index (χ1n) is 29.8. The molecule has 3 aromatic rings. The van der Waals surface area contributed by atoms with Crippen molar-refractivity contribution in [3.8, 4) is 29.1 Å². The largest absolute Gasteiger partial charge is 0.508 e. The van der Waals surface area contributed by atoms with E-state index in [1.54, 1.807) is 7.11 Å². The number of rotatable bonds is 8. The molecule has 4 fully saturated rings. The van der Waals surface area contributed by atoms with E-state index in [4.69, 9.17) is 20.2 Å². The number of allylic oxidation sites excluding steroid dienone is 3. The molecule has 404 valence electrons. The highest BCUT2D eigenvalue weighted by molar-refractivity contribution is 5.98. The van der Waals surface area contributed by atoms with Gasteiger partial charge in [0.25, 0.3) is 0 Å². The zero-order valence-corrected chi connectivity index (χ0v) is 45.4. The van der Waals surface area contributed by atoms with Gasteiger partial charge in [-0.05, 0) is 219 Å². The third kappa shape index (κ3) is 9.30. The number of nitrogens with one attached hydrogen (secondary N) is 1. The van der Waals surface area contributed by atoms with Gasteiger partial charge < -0.3 is 41.0 Å². The van der Waals surface area contributed by atoms with Gasteiger partial charge in [0.05, 0.1) is 30.9 Å². The summed E-state index contributed by atoms with van der Waals surface area (Å²) in [6.07, 6.45) is 20.0. The summed E-state index contributed by atoms with van der Waals surface area (Å²) in [4.78, 5) is 20.6. The Balaban J connectivity index is 1.07. The molecule has 10 nitrogen and oxygen atoms in total. The van der Waals surface area contributed by atoms with E-state index in [2.05, 4.69) is 67.4 Å². The Kier molecular flexibility index (Phi) is 14.5. The average molecular weight is 1030 g/mol. The van der Waals surface area contributed by atoms with Crippen molar-refractivity contribution in [3.05, 3.63) is 110 Å². The molecule has 8 bridgehead atoms. The Bertz CT molecular complexity index is 2890. The first-order chi connectivity index (χ1) is 37.0. The number of aromatic hydroxyl groups is 2. The van der Waals surface area contributed by atoms with Gasteiger partial charge in [0.15, 0.2) is 23.2 Å². The normalized spacial score (nSPS) is 34.0. The minimum atomic E-state index is -0.342. The molecule has 1 heterocycles. The minimum absolute atomic E-state index is 0.00165. The molecule has 0 amide bonds. The van der Waals surface area contributed by atoms with Crippen LogP contribution in [0.25, 0.3) is 0 Å². The zero-order valence-electron chi connectivity index (χ0n) is 45.4.